The number of phenols is 1. The summed E-state index contributed by atoms with van der Waals surface area (Å²) < 4.78 is 42.9. The molecular weight excluding hydrogens is 649 g/mol. The van der Waals surface area contributed by atoms with Gasteiger partial charge in [-0.2, -0.15) is 13.2 Å². The Hall–Kier alpha value is -3.55. The van der Waals surface area contributed by atoms with E-state index in [9.17, 15) is 32.7 Å². The maximum Gasteiger partial charge on any atom is 0.420 e. The number of benzene rings is 2. The highest BCUT2D eigenvalue weighted by atomic mass is 35.5. The van der Waals surface area contributed by atoms with Crippen LogP contribution in [-0.4, -0.2) is 112 Å². The minimum atomic E-state index is -4.85. The van der Waals surface area contributed by atoms with Gasteiger partial charge in [-0.15, -0.1) is 0 Å². The summed E-state index contributed by atoms with van der Waals surface area (Å²) in [5, 5.41) is 9.56. The molecule has 0 aliphatic carbocycles. The van der Waals surface area contributed by atoms with Crippen molar-refractivity contribution in [3.63, 3.8) is 0 Å². The topological polar surface area (TPSA) is 105 Å². The Kier molecular flexibility index (Phi) is 10.1. The number of nitrogens with one attached hydrogen (secondary N) is 1. The molecule has 1 aromatic heterocycles. The van der Waals surface area contributed by atoms with Gasteiger partial charge in [0.25, 0.3) is 0 Å². The van der Waals surface area contributed by atoms with Crippen LogP contribution in [0.1, 0.15) is 49.3 Å². The Morgan fingerprint density at radius 3 is 2.23 bits per heavy atom. The van der Waals surface area contributed by atoms with Crippen LogP contribution in [0.15, 0.2) is 41.2 Å². The molecule has 2 aromatic carbocycles. The van der Waals surface area contributed by atoms with Gasteiger partial charge in [0.15, 0.2) is 0 Å². The number of aromatic amines is 1. The molecule has 2 amide bonds. The van der Waals surface area contributed by atoms with Crippen molar-refractivity contribution in [1.82, 2.24) is 29.2 Å². The van der Waals surface area contributed by atoms with Crippen LogP contribution in [0.25, 0.3) is 11.0 Å². The van der Waals surface area contributed by atoms with Gasteiger partial charge in [0.2, 0.25) is 11.8 Å². The first kappa shape index (κ1) is 34.3. The van der Waals surface area contributed by atoms with Crippen LogP contribution < -0.4 is 5.69 Å². The third-order valence-electron chi connectivity index (χ3n) is 10.3. The molecule has 2 N–H and O–H groups in total. The lowest BCUT2D eigenvalue weighted by Gasteiger charge is -2.42. The average Bonchev–Trinajstić information content (AvgIpc) is 3.41. The van der Waals surface area contributed by atoms with Gasteiger partial charge in [-0.3, -0.25) is 19.1 Å². The van der Waals surface area contributed by atoms with E-state index in [0.717, 1.165) is 56.1 Å². The van der Waals surface area contributed by atoms with Crippen molar-refractivity contribution in [2.75, 3.05) is 59.4 Å². The molecule has 3 fully saturated rings. The Bertz CT molecular complexity index is 1690. The molecule has 0 spiro atoms. The zero-order valence-electron chi connectivity index (χ0n) is 27.0. The number of H-pyrrole nitrogens is 1. The number of nitrogens with zero attached hydrogens (tertiary/aromatic N) is 5. The number of hydrogen-bond acceptors (Lipinski definition) is 6. The first-order valence-electron chi connectivity index (χ1n) is 16.7. The quantitative estimate of drug-likeness (QED) is 0.382. The highest BCUT2D eigenvalue weighted by molar-refractivity contribution is 6.32. The predicted octanol–water partition coefficient (Wildman–Crippen LogP) is 4.36. The highest BCUT2D eigenvalue weighted by Gasteiger charge is 2.37. The summed E-state index contributed by atoms with van der Waals surface area (Å²) in [5.41, 5.74) is 0.206. The van der Waals surface area contributed by atoms with Gasteiger partial charge in [0, 0.05) is 70.9 Å². The lowest BCUT2D eigenvalue weighted by Crippen LogP contribution is -2.53. The number of halogens is 4. The van der Waals surface area contributed by atoms with Crippen LogP contribution >= 0.6 is 11.6 Å². The Labute approximate surface area is 282 Å². The number of aromatic nitrogens is 2. The average molecular weight is 691 g/mol. The van der Waals surface area contributed by atoms with E-state index in [2.05, 4.69) is 21.8 Å². The molecule has 3 aliphatic heterocycles. The predicted molar refractivity (Wildman–Crippen MR) is 176 cm³/mol. The molecule has 0 bridgehead atoms. The molecule has 3 aromatic rings. The number of aromatic hydroxyl groups is 1. The summed E-state index contributed by atoms with van der Waals surface area (Å²) >= 11 is 6.01. The Morgan fingerprint density at radius 2 is 1.56 bits per heavy atom. The fourth-order valence-electron chi connectivity index (χ4n) is 7.57. The van der Waals surface area contributed by atoms with Gasteiger partial charge in [0.05, 0.1) is 27.5 Å². The second-order valence-corrected chi connectivity index (χ2v) is 13.8. The molecule has 1 atom stereocenters. The normalized spacial score (nSPS) is 20.0. The summed E-state index contributed by atoms with van der Waals surface area (Å²) in [6, 6.07) is 9.77. The number of carbonyl (C=O) groups excluding carboxylic acids is 2. The maximum atomic E-state index is 14.0. The van der Waals surface area contributed by atoms with E-state index < -0.39 is 28.4 Å². The van der Waals surface area contributed by atoms with Crippen molar-refractivity contribution in [3.05, 3.63) is 63.0 Å². The number of para-hydroxylation sites is 2. The zero-order chi connectivity index (χ0) is 34.2. The molecule has 6 rings (SSSR count). The summed E-state index contributed by atoms with van der Waals surface area (Å²) in [6.45, 7) is 5.72. The maximum absolute atomic E-state index is 14.0. The number of amides is 2. The van der Waals surface area contributed by atoms with E-state index in [-0.39, 0.29) is 42.0 Å². The smallest absolute Gasteiger partial charge is 0.420 e. The first-order valence-corrected chi connectivity index (χ1v) is 17.0. The number of alkyl halides is 3. The van der Waals surface area contributed by atoms with E-state index in [1.54, 1.807) is 14.4 Å². The summed E-state index contributed by atoms with van der Waals surface area (Å²) in [7, 11) is 2.10. The van der Waals surface area contributed by atoms with Crippen molar-refractivity contribution in [2.45, 2.75) is 56.8 Å². The summed E-state index contributed by atoms with van der Waals surface area (Å²) in [5.74, 6) is -2.49. The Morgan fingerprint density at radius 1 is 0.938 bits per heavy atom. The van der Waals surface area contributed by atoms with Crippen LogP contribution in [-0.2, 0) is 22.2 Å². The van der Waals surface area contributed by atoms with E-state index in [0.29, 0.717) is 45.1 Å². The first-order chi connectivity index (χ1) is 22.9. The molecule has 4 heterocycles. The summed E-state index contributed by atoms with van der Waals surface area (Å²) in [4.78, 5) is 51.6. The molecular formula is C34H42ClF3N6O4. The number of piperazine rings is 1. The highest BCUT2D eigenvalue weighted by Crippen LogP contribution is 2.41. The van der Waals surface area contributed by atoms with Crippen molar-refractivity contribution >= 4 is 34.4 Å². The van der Waals surface area contributed by atoms with Crippen molar-refractivity contribution in [2.24, 2.45) is 5.92 Å². The van der Waals surface area contributed by atoms with Crippen LogP contribution in [0.4, 0.5) is 13.2 Å². The van der Waals surface area contributed by atoms with Crippen molar-refractivity contribution in [1.29, 1.82) is 0 Å². The van der Waals surface area contributed by atoms with Gasteiger partial charge < -0.3 is 24.8 Å². The number of rotatable bonds is 7. The lowest BCUT2D eigenvalue weighted by molar-refractivity contribution is -0.143. The van der Waals surface area contributed by atoms with Crippen LogP contribution in [0.2, 0.25) is 5.02 Å². The standard InChI is InChI=1S/C34H42ClF3N6O4/c1-40-14-16-41(17-15-40)24-6-12-43(13-7-24)32(47)23(18-22-19-26(34(36,37)38)31(46)27(35)20-22)21-30(45)42-10-8-25(9-11-42)44-29-5-3-2-4-28(29)39-33(44)48/h2-5,19-20,23-25,46H,6-18,21H2,1H3,(H,39,48)/t23-/m0/s1. The minimum Gasteiger partial charge on any atom is -0.506 e. The molecule has 10 nitrogen and oxygen atoms in total. The van der Waals surface area contributed by atoms with Gasteiger partial charge in [0.1, 0.15) is 5.75 Å². The monoisotopic (exact) mass is 690 g/mol. The molecule has 0 saturated carbocycles. The molecule has 260 valence electrons. The van der Waals surface area contributed by atoms with E-state index in [1.165, 1.54) is 6.07 Å². The molecule has 3 saturated heterocycles. The number of fused-ring (bicyclic) bond motifs is 1. The number of carbonyl (C=O) groups is 2. The van der Waals surface area contributed by atoms with Crippen LogP contribution in [0, 0.1) is 5.92 Å². The van der Waals surface area contributed by atoms with E-state index in [1.807, 2.05) is 24.3 Å². The zero-order valence-corrected chi connectivity index (χ0v) is 27.8. The van der Waals surface area contributed by atoms with Crippen molar-refractivity contribution < 1.29 is 27.9 Å². The molecule has 48 heavy (non-hydrogen) atoms. The fraction of sp³-hybridized carbons (Fsp3) is 0.559. The minimum absolute atomic E-state index is 0.100. The number of piperidine rings is 2. The van der Waals surface area contributed by atoms with Gasteiger partial charge in [-0.05, 0) is 69.0 Å². The number of imidazole rings is 1. The number of likely N-dealkylation sites (N-methyl/N-ethyl adjacent to an activating group) is 1. The third-order valence-corrected chi connectivity index (χ3v) is 10.6. The second kappa shape index (κ2) is 14.1. The van der Waals surface area contributed by atoms with E-state index >= 15 is 0 Å². The summed E-state index contributed by atoms with van der Waals surface area (Å²) in [6.07, 6.45) is -2.47. The number of phenolic OH excluding ortho intramolecular Hbond substituents is 1. The molecule has 14 heteroatoms. The van der Waals surface area contributed by atoms with E-state index in [4.69, 9.17) is 11.6 Å². The lowest BCUT2D eigenvalue weighted by atomic mass is 9.91. The van der Waals surface area contributed by atoms with Crippen LogP contribution in [0.3, 0.4) is 0 Å². The van der Waals surface area contributed by atoms with Gasteiger partial charge in [-0.25, -0.2) is 4.79 Å². The van der Waals surface area contributed by atoms with Crippen molar-refractivity contribution in [3.8, 4) is 5.75 Å². The number of likely N-dealkylation sites (tertiary alicyclic amines) is 2. The fourth-order valence-corrected chi connectivity index (χ4v) is 7.81. The van der Waals surface area contributed by atoms with Crippen LogP contribution in [0.5, 0.6) is 5.75 Å². The largest absolute Gasteiger partial charge is 0.506 e. The third kappa shape index (κ3) is 7.37. The number of hydrogen-bond donors (Lipinski definition) is 2. The Balaban J connectivity index is 1.16. The second-order valence-electron chi connectivity index (χ2n) is 13.4. The molecule has 3 aliphatic rings. The molecule has 0 unspecified atom stereocenters. The molecule has 0 radical (unpaired) electrons. The van der Waals surface area contributed by atoms with Gasteiger partial charge in [-0.1, -0.05) is 23.7 Å². The van der Waals surface area contributed by atoms with Gasteiger partial charge >= 0.3 is 11.9 Å². The SMILES string of the molecule is CN1CCN(C2CCN(C(=O)[C@H](CC(=O)N3CCC(n4c(=O)[nH]c5ccccc54)CC3)Cc3cc(Cl)c(O)c(C(F)(F)F)c3)CC2)CC1.